The van der Waals surface area contributed by atoms with Crippen LogP contribution in [-0.4, -0.2) is 34.7 Å². The molecule has 7 heteroatoms. The van der Waals surface area contributed by atoms with Crippen LogP contribution in [0.1, 0.15) is 29.2 Å². The van der Waals surface area contributed by atoms with Crippen molar-refractivity contribution in [2.24, 2.45) is 0 Å². The van der Waals surface area contributed by atoms with Crippen LogP contribution in [-0.2, 0) is 9.53 Å². The molecule has 1 aromatic rings. The van der Waals surface area contributed by atoms with E-state index in [1.165, 1.54) is 0 Å². The molecule has 0 aliphatic heterocycles. The van der Waals surface area contributed by atoms with Crippen LogP contribution in [0.4, 0.5) is 5.13 Å². The molecule has 0 fully saturated rings. The summed E-state index contributed by atoms with van der Waals surface area (Å²) in [6, 6.07) is -0.554. The third-order valence-corrected chi connectivity index (χ3v) is 3.05. The predicted molar refractivity (Wildman–Crippen MR) is 63.5 cm³/mol. The Labute approximate surface area is 103 Å². The lowest BCUT2D eigenvalue weighted by atomic mass is 10.3. The van der Waals surface area contributed by atoms with Crippen molar-refractivity contribution in [2.75, 3.05) is 11.9 Å². The van der Waals surface area contributed by atoms with Crippen molar-refractivity contribution >= 4 is 28.4 Å². The second-order valence-corrected chi connectivity index (χ2v) is 4.36. The van der Waals surface area contributed by atoms with E-state index in [0.717, 1.165) is 11.3 Å². The molecule has 0 saturated carbocycles. The minimum absolute atomic E-state index is 0.170. The van der Waals surface area contributed by atoms with E-state index < -0.39 is 18.0 Å². The number of esters is 1. The van der Waals surface area contributed by atoms with Gasteiger partial charge < -0.3 is 15.2 Å². The van der Waals surface area contributed by atoms with Gasteiger partial charge >= 0.3 is 11.9 Å². The van der Waals surface area contributed by atoms with Gasteiger partial charge in [-0.05, 0) is 20.8 Å². The van der Waals surface area contributed by atoms with Gasteiger partial charge in [0.15, 0.2) is 5.13 Å². The summed E-state index contributed by atoms with van der Waals surface area (Å²) < 4.78 is 4.82. The lowest BCUT2D eigenvalue weighted by Crippen LogP contribution is -2.28. The Hall–Kier alpha value is -1.63. The Morgan fingerprint density at radius 1 is 1.59 bits per heavy atom. The topological polar surface area (TPSA) is 88.5 Å². The Balaban J connectivity index is 2.72. The summed E-state index contributed by atoms with van der Waals surface area (Å²) in [5.74, 6) is -1.41. The fourth-order valence-electron chi connectivity index (χ4n) is 1.17. The zero-order chi connectivity index (χ0) is 13.0. The van der Waals surface area contributed by atoms with Gasteiger partial charge in [-0.25, -0.2) is 14.6 Å². The first-order valence-corrected chi connectivity index (χ1v) is 5.91. The van der Waals surface area contributed by atoms with Gasteiger partial charge in [-0.1, -0.05) is 11.3 Å². The van der Waals surface area contributed by atoms with Crippen LogP contribution in [0, 0.1) is 6.92 Å². The highest BCUT2D eigenvalue weighted by molar-refractivity contribution is 7.17. The minimum Gasteiger partial charge on any atom is -0.477 e. The largest absolute Gasteiger partial charge is 0.477 e. The summed E-state index contributed by atoms with van der Waals surface area (Å²) in [7, 11) is 0. The molecule has 1 aromatic heterocycles. The van der Waals surface area contributed by atoms with Crippen molar-refractivity contribution in [2.45, 2.75) is 26.8 Å². The van der Waals surface area contributed by atoms with Gasteiger partial charge in [0.2, 0.25) is 0 Å². The molecule has 1 unspecified atom stereocenters. The molecule has 6 nitrogen and oxygen atoms in total. The molecule has 0 aliphatic rings. The highest BCUT2D eigenvalue weighted by Gasteiger charge is 2.18. The van der Waals surface area contributed by atoms with Crippen LogP contribution in [0.5, 0.6) is 0 Å². The van der Waals surface area contributed by atoms with E-state index in [1.54, 1.807) is 20.8 Å². The number of carbonyl (C=O) groups excluding carboxylic acids is 1. The van der Waals surface area contributed by atoms with Gasteiger partial charge in [0, 0.05) is 0 Å². The molecule has 1 atom stereocenters. The Bertz CT molecular complexity index is 430. The van der Waals surface area contributed by atoms with Crippen LogP contribution in [0.15, 0.2) is 0 Å². The van der Waals surface area contributed by atoms with Crippen molar-refractivity contribution in [1.29, 1.82) is 0 Å². The molecule has 17 heavy (non-hydrogen) atoms. The average Bonchev–Trinajstić information content (AvgIpc) is 2.59. The van der Waals surface area contributed by atoms with Gasteiger partial charge in [0.1, 0.15) is 10.9 Å². The number of aryl methyl sites for hydroxylation is 1. The standard InChI is InChI=1S/C10H14N2O4S/c1-4-16-9(15)6(3)12-10-11-5(2)7(17-10)8(13)14/h6H,4H2,1-3H3,(H,11,12)(H,13,14). The first-order valence-electron chi connectivity index (χ1n) is 5.09. The fourth-order valence-corrected chi connectivity index (χ4v) is 2.06. The van der Waals surface area contributed by atoms with E-state index in [-0.39, 0.29) is 4.88 Å². The van der Waals surface area contributed by atoms with Crippen LogP contribution < -0.4 is 5.32 Å². The molecule has 0 amide bonds. The normalized spacial score (nSPS) is 11.9. The van der Waals surface area contributed by atoms with Gasteiger partial charge in [0.25, 0.3) is 0 Å². The van der Waals surface area contributed by atoms with Crippen molar-refractivity contribution in [3.05, 3.63) is 10.6 Å². The number of rotatable bonds is 5. The lowest BCUT2D eigenvalue weighted by molar-refractivity contribution is -0.143. The van der Waals surface area contributed by atoms with E-state index in [0.29, 0.717) is 17.4 Å². The number of hydrogen-bond donors (Lipinski definition) is 2. The number of carboxylic acids is 1. The maximum absolute atomic E-state index is 11.3. The monoisotopic (exact) mass is 258 g/mol. The van der Waals surface area contributed by atoms with Crippen molar-refractivity contribution < 1.29 is 19.4 Å². The van der Waals surface area contributed by atoms with E-state index in [1.807, 2.05) is 0 Å². The number of aromatic carboxylic acids is 1. The number of ether oxygens (including phenoxy) is 1. The lowest BCUT2D eigenvalue weighted by Gasteiger charge is -2.10. The van der Waals surface area contributed by atoms with Crippen molar-refractivity contribution in [3.63, 3.8) is 0 Å². The molecule has 0 aliphatic carbocycles. The number of carboxylic acid groups (broad SMARTS) is 1. The molecule has 2 N–H and O–H groups in total. The van der Waals surface area contributed by atoms with Gasteiger partial charge in [0.05, 0.1) is 12.3 Å². The molecule has 0 spiro atoms. The second-order valence-electron chi connectivity index (χ2n) is 3.36. The summed E-state index contributed by atoms with van der Waals surface area (Å²) >= 11 is 1.00. The average molecular weight is 258 g/mol. The Morgan fingerprint density at radius 2 is 2.24 bits per heavy atom. The third-order valence-electron chi connectivity index (χ3n) is 1.97. The third kappa shape index (κ3) is 3.42. The van der Waals surface area contributed by atoms with E-state index >= 15 is 0 Å². The number of nitrogens with zero attached hydrogens (tertiary/aromatic N) is 1. The molecular formula is C10H14N2O4S. The highest BCUT2D eigenvalue weighted by Crippen LogP contribution is 2.23. The molecule has 94 valence electrons. The Kier molecular flexibility index (Phi) is 4.45. The number of aromatic nitrogens is 1. The summed E-state index contributed by atoms with van der Waals surface area (Å²) in [6.07, 6.45) is 0. The van der Waals surface area contributed by atoms with E-state index in [9.17, 15) is 9.59 Å². The molecule has 1 heterocycles. The van der Waals surface area contributed by atoms with Crippen LogP contribution in [0.2, 0.25) is 0 Å². The molecule has 0 bridgehead atoms. The van der Waals surface area contributed by atoms with Crippen molar-refractivity contribution in [3.8, 4) is 0 Å². The number of thiazole rings is 1. The quantitative estimate of drug-likeness (QED) is 0.778. The van der Waals surface area contributed by atoms with E-state index in [2.05, 4.69) is 10.3 Å². The first kappa shape index (κ1) is 13.4. The highest BCUT2D eigenvalue weighted by atomic mass is 32.1. The smallest absolute Gasteiger partial charge is 0.347 e. The zero-order valence-corrected chi connectivity index (χ0v) is 10.6. The molecule has 1 rings (SSSR count). The van der Waals surface area contributed by atoms with Gasteiger partial charge in [-0.2, -0.15) is 0 Å². The molecule has 0 radical (unpaired) electrons. The van der Waals surface area contributed by atoms with Crippen molar-refractivity contribution in [1.82, 2.24) is 4.98 Å². The summed E-state index contributed by atoms with van der Waals surface area (Å²) in [4.78, 5) is 26.4. The molecular weight excluding hydrogens is 244 g/mol. The molecule has 0 aromatic carbocycles. The van der Waals surface area contributed by atoms with E-state index in [4.69, 9.17) is 9.84 Å². The Morgan fingerprint density at radius 3 is 2.71 bits per heavy atom. The van der Waals surface area contributed by atoms with Gasteiger partial charge in [-0.3, -0.25) is 0 Å². The number of anilines is 1. The predicted octanol–water partition coefficient (Wildman–Crippen LogP) is 1.51. The SMILES string of the molecule is CCOC(=O)C(C)Nc1nc(C)c(C(=O)O)s1. The zero-order valence-electron chi connectivity index (χ0n) is 9.81. The molecule has 0 saturated heterocycles. The number of nitrogens with one attached hydrogen (secondary N) is 1. The summed E-state index contributed by atoms with van der Waals surface area (Å²) in [5, 5.41) is 12.1. The van der Waals surface area contributed by atoms with Crippen LogP contribution in [0.25, 0.3) is 0 Å². The minimum atomic E-state index is -1.02. The number of carbonyl (C=O) groups is 2. The van der Waals surface area contributed by atoms with Crippen LogP contribution in [0.3, 0.4) is 0 Å². The maximum atomic E-state index is 11.3. The maximum Gasteiger partial charge on any atom is 0.347 e. The summed E-state index contributed by atoms with van der Waals surface area (Å²) in [5.41, 5.74) is 0.432. The first-order chi connectivity index (χ1) is 7.95. The second kappa shape index (κ2) is 5.62. The number of hydrogen-bond acceptors (Lipinski definition) is 6. The van der Waals surface area contributed by atoms with Crippen LogP contribution >= 0.6 is 11.3 Å². The fraction of sp³-hybridized carbons (Fsp3) is 0.500. The summed E-state index contributed by atoms with van der Waals surface area (Å²) in [6.45, 7) is 5.28. The van der Waals surface area contributed by atoms with Gasteiger partial charge in [-0.15, -0.1) is 0 Å².